The van der Waals surface area contributed by atoms with Gasteiger partial charge in [0.2, 0.25) is 10.0 Å². The molecule has 3 aromatic carbocycles. The van der Waals surface area contributed by atoms with Gasteiger partial charge >= 0.3 is 0 Å². The van der Waals surface area contributed by atoms with E-state index in [9.17, 15) is 18.3 Å². The summed E-state index contributed by atoms with van der Waals surface area (Å²) in [5.74, 6) is -0.0960. The highest BCUT2D eigenvalue weighted by molar-refractivity contribution is 9.10. The summed E-state index contributed by atoms with van der Waals surface area (Å²) >= 11 is 3.30. The van der Waals surface area contributed by atoms with Crippen molar-refractivity contribution in [3.8, 4) is 11.5 Å². The Labute approximate surface area is 207 Å². The van der Waals surface area contributed by atoms with Gasteiger partial charge in [0.1, 0.15) is 11.5 Å². The van der Waals surface area contributed by atoms with E-state index in [1.807, 2.05) is 30.3 Å². The molecule has 178 valence electrons. The zero-order valence-electron chi connectivity index (χ0n) is 18.4. The number of nitrogens with zero attached hydrogens (tertiary/aromatic N) is 2. The van der Waals surface area contributed by atoms with Crippen molar-refractivity contribution in [1.82, 2.24) is 9.73 Å². The van der Waals surface area contributed by atoms with Crippen LogP contribution in [-0.2, 0) is 21.2 Å². The number of hydrogen-bond acceptors (Lipinski definition) is 6. The van der Waals surface area contributed by atoms with Crippen LogP contribution in [0, 0.1) is 0 Å². The van der Waals surface area contributed by atoms with Crippen LogP contribution in [0.3, 0.4) is 0 Å². The molecule has 2 N–H and O–H groups in total. The number of sulfonamides is 1. The van der Waals surface area contributed by atoms with E-state index < -0.39 is 22.5 Å². The molecule has 0 saturated carbocycles. The quantitative estimate of drug-likeness (QED) is 0.299. The zero-order valence-corrected chi connectivity index (χ0v) is 20.8. The van der Waals surface area contributed by atoms with Gasteiger partial charge in [0.25, 0.3) is 5.91 Å². The molecule has 0 saturated heterocycles. The van der Waals surface area contributed by atoms with Gasteiger partial charge in [0.15, 0.2) is 0 Å². The van der Waals surface area contributed by atoms with Gasteiger partial charge in [-0.1, -0.05) is 46.3 Å². The first-order valence-electron chi connectivity index (χ1n) is 10.3. The van der Waals surface area contributed by atoms with E-state index in [4.69, 9.17) is 4.74 Å². The van der Waals surface area contributed by atoms with Crippen LogP contribution in [0.1, 0.15) is 11.1 Å². The second-order valence-corrected chi connectivity index (χ2v) is 10.1. The normalized spacial score (nSPS) is 11.6. The van der Waals surface area contributed by atoms with E-state index in [0.29, 0.717) is 17.7 Å². The Morgan fingerprint density at radius 3 is 2.50 bits per heavy atom. The Balaban J connectivity index is 1.76. The molecule has 0 aromatic heterocycles. The van der Waals surface area contributed by atoms with Crippen molar-refractivity contribution in [2.75, 3.05) is 20.2 Å². The number of halogens is 1. The molecule has 3 rings (SSSR count). The first-order chi connectivity index (χ1) is 16.3. The highest BCUT2D eigenvalue weighted by atomic mass is 79.9. The van der Waals surface area contributed by atoms with Crippen molar-refractivity contribution >= 4 is 38.1 Å². The number of carbonyl (C=O) groups excluding carboxylic acids is 1. The molecular weight excluding hydrogens is 522 g/mol. The van der Waals surface area contributed by atoms with Gasteiger partial charge in [0, 0.05) is 16.6 Å². The van der Waals surface area contributed by atoms with Crippen molar-refractivity contribution in [2.24, 2.45) is 5.10 Å². The third-order valence-electron chi connectivity index (χ3n) is 4.89. The second kappa shape index (κ2) is 11.8. The molecule has 0 unspecified atom stereocenters. The molecule has 1 amide bonds. The molecule has 0 aliphatic rings. The SMILES string of the molecule is COc1ccc(S(=O)(=O)N(CCc2ccccc2)CC(=O)N/N=C\c2cc(Br)ccc2O)cc1. The first kappa shape index (κ1) is 25.4. The largest absolute Gasteiger partial charge is 0.507 e. The molecule has 3 aromatic rings. The number of nitrogens with one attached hydrogen (secondary N) is 1. The highest BCUT2D eigenvalue weighted by Gasteiger charge is 2.26. The third-order valence-corrected chi connectivity index (χ3v) is 7.24. The predicted molar refractivity (Wildman–Crippen MR) is 133 cm³/mol. The number of hydrazone groups is 1. The molecular formula is C24H24BrN3O5S. The molecule has 10 heteroatoms. The van der Waals surface area contributed by atoms with E-state index in [-0.39, 0.29) is 17.2 Å². The summed E-state index contributed by atoms with van der Waals surface area (Å²) in [5.41, 5.74) is 3.66. The predicted octanol–water partition coefficient (Wildman–Crippen LogP) is 3.55. The number of aromatic hydroxyl groups is 1. The summed E-state index contributed by atoms with van der Waals surface area (Å²) in [6, 6.07) is 20.2. The van der Waals surface area contributed by atoms with Crippen molar-refractivity contribution in [2.45, 2.75) is 11.3 Å². The number of hydrogen-bond donors (Lipinski definition) is 2. The van der Waals surface area contributed by atoms with Crippen LogP contribution >= 0.6 is 15.9 Å². The smallest absolute Gasteiger partial charge is 0.255 e. The molecule has 8 nitrogen and oxygen atoms in total. The maximum absolute atomic E-state index is 13.3. The fourth-order valence-electron chi connectivity index (χ4n) is 3.08. The Morgan fingerprint density at radius 2 is 1.82 bits per heavy atom. The number of phenolic OH excluding ortho intramolecular Hbond substituents is 1. The summed E-state index contributed by atoms with van der Waals surface area (Å²) in [4.78, 5) is 12.6. The summed E-state index contributed by atoms with van der Waals surface area (Å²) in [6.07, 6.45) is 1.71. The monoisotopic (exact) mass is 545 g/mol. The molecule has 0 spiro atoms. The number of amides is 1. The van der Waals surface area contributed by atoms with Crippen molar-refractivity contribution in [1.29, 1.82) is 0 Å². The van der Waals surface area contributed by atoms with E-state index in [1.165, 1.54) is 31.5 Å². The van der Waals surface area contributed by atoms with Gasteiger partial charge in [-0.15, -0.1) is 0 Å². The van der Waals surface area contributed by atoms with Gasteiger partial charge in [-0.2, -0.15) is 9.41 Å². The number of rotatable bonds is 10. The molecule has 0 fully saturated rings. The number of methoxy groups -OCH3 is 1. The lowest BCUT2D eigenvalue weighted by atomic mass is 10.1. The lowest BCUT2D eigenvalue weighted by molar-refractivity contribution is -0.121. The van der Waals surface area contributed by atoms with Gasteiger partial charge < -0.3 is 9.84 Å². The van der Waals surface area contributed by atoms with E-state index in [1.54, 1.807) is 24.3 Å². The minimum Gasteiger partial charge on any atom is -0.507 e. The van der Waals surface area contributed by atoms with Crippen LogP contribution in [0.15, 0.2) is 87.3 Å². The van der Waals surface area contributed by atoms with Crippen LogP contribution in [0.2, 0.25) is 0 Å². The topological polar surface area (TPSA) is 108 Å². The van der Waals surface area contributed by atoms with E-state index in [0.717, 1.165) is 14.3 Å². The average Bonchev–Trinajstić information content (AvgIpc) is 2.84. The summed E-state index contributed by atoms with van der Waals surface area (Å²) in [7, 11) is -2.47. The third kappa shape index (κ3) is 6.89. The fourth-order valence-corrected chi connectivity index (χ4v) is 4.85. The molecule has 34 heavy (non-hydrogen) atoms. The molecule has 0 bridgehead atoms. The molecule has 0 aliphatic carbocycles. The number of phenols is 1. The van der Waals surface area contributed by atoms with Crippen molar-refractivity contribution in [3.05, 3.63) is 88.4 Å². The first-order valence-corrected chi connectivity index (χ1v) is 12.5. The van der Waals surface area contributed by atoms with Crippen LogP contribution in [0.5, 0.6) is 11.5 Å². The average molecular weight is 546 g/mol. The Bertz CT molecular complexity index is 1250. The lowest BCUT2D eigenvalue weighted by Crippen LogP contribution is -2.40. The molecule has 0 heterocycles. The minimum atomic E-state index is -3.96. The Kier molecular flexibility index (Phi) is 8.80. The summed E-state index contributed by atoms with van der Waals surface area (Å²) in [6.45, 7) is -0.328. The highest BCUT2D eigenvalue weighted by Crippen LogP contribution is 2.21. The lowest BCUT2D eigenvalue weighted by Gasteiger charge is -2.21. The maximum Gasteiger partial charge on any atom is 0.255 e. The molecule has 0 atom stereocenters. The van der Waals surface area contributed by atoms with Crippen molar-refractivity contribution in [3.63, 3.8) is 0 Å². The fraction of sp³-hybridized carbons (Fsp3) is 0.167. The maximum atomic E-state index is 13.3. The van der Waals surface area contributed by atoms with Crippen LogP contribution < -0.4 is 10.2 Å². The standard InChI is InChI=1S/C24H24BrN3O5S/c1-33-21-8-10-22(11-9-21)34(31,32)28(14-13-18-5-3-2-4-6-18)17-24(30)27-26-16-19-15-20(25)7-12-23(19)29/h2-12,15-16,29H,13-14,17H2,1H3,(H,27,30)/b26-16-. The van der Waals surface area contributed by atoms with Gasteiger partial charge in [-0.25, -0.2) is 13.8 Å². The van der Waals surface area contributed by atoms with Gasteiger partial charge in [0.05, 0.1) is 24.8 Å². The van der Waals surface area contributed by atoms with Gasteiger partial charge in [-0.3, -0.25) is 4.79 Å². The second-order valence-electron chi connectivity index (χ2n) is 7.25. The van der Waals surface area contributed by atoms with E-state index in [2.05, 4.69) is 26.5 Å². The molecule has 0 radical (unpaired) electrons. The van der Waals surface area contributed by atoms with Crippen LogP contribution in [-0.4, -0.2) is 50.2 Å². The number of benzene rings is 3. The Hall–Kier alpha value is -3.21. The zero-order chi connectivity index (χ0) is 24.6. The summed E-state index contributed by atoms with van der Waals surface area (Å²) < 4.78 is 33.5. The number of carbonyl (C=O) groups is 1. The molecule has 0 aliphatic heterocycles. The summed E-state index contributed by atoms with van der Waals surface area (Å²) in [5, 5.41) is 13.7. The van der Waals surface area contributed by atoms with Crippen LogP contribution in [0.4, 0.5) is 0 Å². The van der Waals surface area contributed by atoms with Crippen molar-refractivity contribution < 1.29 is 23.1 Å². The van der Waals surface area contributed by atoms with E-state index >= 15 is 0 Å². The van der Waals surface area contributed by atoms with Gasteiger partial charge in [-0.05, 0) is 54.4 Å². The Morgan fingerprint density at radius 1 is 1.12 bits per heavy atom. The number of ether oxygens (including phenoxy) is 1. The minimum absolute atomic E-state index is 0.00669. The van der Waals surface area contributed by atoms with Crippen LogP contribution in [0.25, 0.3) is 0 Å².